The zero-order valence-corrected chi connectivity index (χ0v) is 17.4. The Kier molecular flexibility index (Phi) is 10.1. The van der Waals surface area contributed by atoms with E-state index in [0.717, 1.165) is 15.0 Å². The Morgan fingerprint density at radius 3 is 1.96 bits per heavy atom. The van der Waals surface area contributed by atoms with Crippen molar-refractivity contribution in [3.05, 3.63) is 60.7 Å². The summed E-state index contributed by atoms with van der Waals surface area (Å²) in [5.74, 6) is 1.31. The van der Waals surface area contributed by atoms with Crippen molar-refractivity contribution in [2.75, 3.05) is 5.75 Å². The summed E-state index contributed by atoms with van der Waals surface area (Å²) in [5, 5.41) is 5.88. The number of hydrogen-bond donors (Lipinski definition) is 0. The van der Waals surface area contributed by atoms with Crippen LogP contribution in [-0.4, -0.2) is 20.7 Å². The predicted octanol–water partition coefficient (Wildman–Crippen LogP) is 5.89. The molecule has 0 radical (unpaired) electrons. The van der Waals surface area contributed by atoms with Crippen LogP contribution in [0.3, 0.4) is 0 Å². The monoisotopic (exact) mass is 410 g/mol. The molecule has 0 nitrogen and oxygen atoms in total. The van der Waals surface area contributed by atoms with Gasteiger partial charge < -0.3 is 0 Å². The Labute approximate surface area is 153 Å². The Balaban J connectivity index is 1.80. The van der Waals surface area contributed by atoms with Crippen LogP contribution >= 0.6 is 18.5 Å². The van der Waals surface area contributed by atoms with Gasteiger partial charge in [-0.1, -0.05) is 0 Å². The van der Waals surface area contributed by atoms with Crippen molar-refractivity contribution in [1.29, 1.82) is 0 Å². The molecule has 2 aromatic rings. The first-order valence-electron chi connectivity index (χ1n) is 8.52. The van der Waals surface area contributed by atoms with E-state index in [2.05, 4.69) is 79.0 Å². The molecule has 0 aliphatic heterocycles. The molecule has 0 unspecified atom stereocenters. The summed E-state index contributed by atoms with van der Waals surface area (Å²) in [5.41, 5.74) is 0. The molecule has 0 aromatic heterocycles. The van der Waals surface area contributed by atoms with Crippen LogP contribution in [0.4, 0.5) is 0 Å². The second-order valence-electron chi connectivity index (χ2n) is 5.47. The number of unbranched alkanes of at least 4 members (excludes halogenated alkanes) is 3. The predicted molar refractivity (Wildman–Crippen MR) is 111 cm³/mol. The molecule has 0 spiro atoms. The maximum atomic E-state index is 2.29. The Hall–Kier alpha value is -0.261. The number of benzene rings is 2. The minimum absolute atomic E-state index is 0.254. The molecule has 0 aliphatic carbocycles. The van der Waals surface area contributed by atoms with Crippen LogP contribution in [0.15, 0.2) is 60.7 Å². The van der Waals surface area contributed by atoms with E-state index in [9.17, 15) is 0 Å². The Bertz CT molecular complexity index is 478. The van der Waals surface area contributed by atoms with Crippen molar-refractivity contribution in [3.8, 4) is 0 Å². The van der Waals surface area contributed by atoms with E-state index in [1.807, 2.05) is 0 Å². The first-order valence-corrected chi connectivity index (χ1v) is 13.9. The van der Waals surface area contributed by atoms with Gasteiger partial charge in [-0.2, -0.15) is 0 Å². The molecule has 0 aliphatic rings. The Morgan fingerprint density at radius 1 is 0.783 bits per heavy atom. The third-order valence-corrected chi connectivity index (χ3v) is 11.2. The van der Waals surface area contributed by atoms with Crippen LogP contribution in [0, 0.1) is 0 Å². The van der Waals surface area contributed by atoms with E-state index >= 15 is 0 Å². The molecule has 0 saturated carbocycles. The van der Waals surface area contributed by atoms with E-state index in [0.29, 0.717) is 0 Å². The molecule has 2 rings (SSSR count). The topological polar surface area (TPSA) is 0 Å². The second kappa shape index (κ2) is 12.2. The third kappa shape index (κ3) is 7.44. The van der Waals surface area contributed by atoms with Crippen LogP contribution in [0.2, 0.25) is 10.6 Å². The van der Waals surface area contributed by atoms with Gasteiger partial charge in [-0.25, -0.2) is 0 Å². The molecule has 0 atom stereocenters. The molecule has 0 fully saturated rings. The molecule has 2 aromatic carbocycles. The average molecular weight is 409 g/mol. The fourth-order valence-corrected chi connectivity index (χ4v) is 10.0. The van der Waals surface area contributed by atoms with E-state index in [1.165, 1.54) is 52.7 Å². The SMILES string of the molecule is CCCCCC[Se]CCSP(c1ccccc1)c1ccccc1. The fraction of sp³-hybridized carbons (Fsp3) is 0.400. The van der Waals surface area contributed by atoms with Gasteiger partial charge >= 0.3 is 154 Å². The van der Waals surface area contributed by atoms with Crippen LogP contribution in [0.1, 0.15) is 32.6 Å². The van der Waals surface area contributed by atoms with Crippen LogP contribution in [0.5, 0.6) is 0 Å². The van der Waals surface area contributed by atoms with Gasteiger partial charge in [0.25, 0.3) is 0 Å². The average Bonchev–Trinajstić information content (AvgIpc) is 2.62. The van der Waals surface area contributed by atoms with Crippen molar-refractivity contribution in [1.82, 2.24) is 0 Å². The van der Waals surface area contributed by atoms with E-state index in [-0.39, 0.29) is 7.12 Å². The summed E-state index contributed by atoms with van der Waals surface area (Å²) in [7, 11) is -0.254. The van der Waals surface area contributed by atoms with Crippen LogP contribution in [-0.2, 0) is 0 Å². The van der Waals surface area contributed by atoms with Gasteiger partial charge in [-0.05, 0) is 0 Å². The standard InChI is InChI=1S/C20H27PSSe/c1-2-3-4-11-17-23-18-16-22-21(19-12-7-5-8-13-19)20-14-9-6-10-15-20/h5-10,12-15H,2-4,11,16-18H2,1H3. The van der Waals surface area contributed by atoms with E-state index in [4.69, 9.17) is 0 Å². The molecule has 23 heavy (non-hydrogen) atoms. The van der Waals surface area contributed by atoms with E-state index in [1.54, 1.807) is 0 Å². The fourth-order valence-electron chi connectivity index (χ4n) is 2.35. The summed E-state index contributed by atoms with van der Waals surface area (Å²) in [6, 6.07) is 22.1. The van der Waals surface area contributed by atoms with Crippen LogP contribution in [0.25, 0.3) is 0 Å². The third-order valence-electron chi connectivity index (χ3n) is 3.57. The normalized spacial score (nSPS) is 11.0. The molecule has 0 N–H and O–H groups in total. The number of hydrogen-bond acceptors (Lipinski definition) is 1. The van der Waals surface area contributed by atoms with Crippen molar-refractivity contribution >= 4 is 44.1 Å². The quantitative estimate of drug-likeness (QED) is 0.253. The van der Waals surface area contributed by atoms with Gasteiger partial charge in [0.15, 0.2) is 0 Å². The first-order chi connectivity index (χ1) is 11.4. The summed E-state index contributed by atoms with van der Waals surface area (Å²) in [6.45, 7) is 2.29. The summed E-state index contributed by atoms with van der Waals surface area (Å²) in [6.07, 6.45) is 5.65. The molecule has 0 saturated heterocycles. The zero-order chi connectivity index (χ0) is 16.2. The van der Waals surface area contributed by atoms with Gasteiger partial charge in [-0.3, -0.25) is 0 Å². The van der Waals surface area contributed by atoms with Crippen LogP contribution < -0.4 is 10.6 Å². The summed E-state index contributed by atoms with van der Waals surface area (Å²) in [4.78, 5) is 0. The number of rotatable bonds is 11. The molecular formula is C20H27PSSe. The van der Waals surface area contributed by atoms with Crippen molar-refractivity contribution in [3.63, 3.8) is 0 Å². The van der Waals surface area contributed by atoms with Gasteiger partial charge in [0.05, 0.1) is 0 Å². The Morgan fingerprint density at radius 2 is 1.39 bits per heavy atom. The van der Waals surface area contributed by atoms with Gasteiger partial charge in [-0.15, -0.1) is 0 Å². The molecule has 0 amide bonds. The molecular weight excluding hydrogens is 382 g/mol. The molecule has 0 bridgehead atoms. The van der Waals surface area contributed by atoms with Gasteiger partial charge in [0.2, 0.25) is 0 Å². The summed E-state index contributed by atoms with van der Waals surface area (Å²) < 4.78 is 0. The zero-order valence-electron chi connectivity index (χ0n) is 14.0. The van der Waals surface area contributed by atoms with Crippen molar-refractivity contribution in [2.24, 2.45) is 0 Å². The van der Waals surface area contributed by atoms with Gasteiger partial charge in [0, 0.05) is 0 Å². The van der Waals surface area contributed by atoms with E-state index < -0.39 is 0 Å². The molecule has 3 heteroatoms. The van der Waals surface area contributed by atoms with Crippen molar-refractivity contribution < 1.29 is 0 Å². The molecule has 124 valence electrons. The van der Waals surface area contributed by atoms with Crippen molar-refractivity contribution in [2.45, 2.75) is 43.2 Å². The van der Waals surface area contributed by atoms with Gasteiger partial charge in [0.1, 0.15) is 0 Å². The molecule has 0 heterocycles. The minimum atomic E-state index is -0.254. The first kappa shape index (κ1) is 19.1. The maximum absolute atomic E-state index is 2.29. The second-order valence-corrected chi connectivity index (χ2v) is 12.2. The summed E-state index contributed by atoms with van der Waals surface area (Å²) >= 11 is 3.02.